The molecular weight excluding hydrogens is 226 g/mol. The summed E-state index contributed by atoms with van der Waals surface area (Å²) in [6.07, 6.45) is 3.58. The number of amides is 1. The molecule has 2 aromatic rings. The molecule has 94 valence electrons. The van der Waals surface area contributed by atoms with Gasteiger partial charge in [-0.05, 0) is 25.5 Å². The van der Waals surface area contributed by atoms with E-state index >= 15 is 0 Å². The molecule has 0 radical (unpaired) electrons. The fraction of sp³-hybridized carbons (Fsp3) is 0.286. The number of rotatable bonds is 3. The van der Waals surface area contributed by atoms with Gasteiger partial charge in [0.25, 0.3) is 5.91 Å². The summed E-state index contributed by atoms with van der Waals surface area (Å²) in [6.45, 7) is 8.02. The van der Waals surface area contributed by atoms with Gasteiger partial charge in [0.1, 0.15) is 11.3 Å². The topological polar surface area (TPSA) is 37.6 Å². The zero-order valence-electron chi connectivity index (χ0n) is 11.0. The highest BCUT2D eigenvalue weighted by atomic mass is 16.2. The summed E-state index contributed by atoms with van der Waals surface area (Å²) < 4.78 is 1.85. The van der Waals surface area contributed by atoms with Crippen molar-refractivity contribution in [2.24, 2.45) is 0 Å². The van der Waals surface area contributed by atoms with E-state index in [1.165, 1.54) is 0 Å². The van der Waals surface area contributed by atoms with Gasteiger partial charge in [-0.2, -0.15) is 0 Å². The van der Waals surface area contributed by atoms with Gasteiger partial charge in [-0.3, -0.25) is 9.20 Å². The van der Waals surface area contributed by atoms with Gasteiger partial charge in [0.05, 0.1) is 5.69 Å². The summed E-state index contributed by atoms with van der Waals surface area (Å²) in [6, 6.07) is 3.91. The van der Waals surface area contributed by atoms with Crippen LogP contribution >= 0.6 is 0 Å². The van der Waals surface area contributed by atoms with Crippen molar-refractivity contribution >= 4 is 11.6 Å². The first kappa shape index (κ1) is 12.4. The van der Waals surface area contributed by atoms with Crippen molar-refractivity contribution in [1.29, 1.82) is 0 Å². The normalized spacial score (nSPS) is 10.6. The smallest absolute Gasteiger partial charge is 0.272 e. The fourth-order valence-electron chi connectivity index (χ4n) is 2.03. The number of fused-ring (bicyclic) bond motifs is 1. The summed E-state index contributed by atoms with van der Waals surface area (Å²) in [5, 5.41) is 0. The fourth-order valence-corrected chi connectivity index (χ4v) is 2.03. The number of pyridine rings is 1. The second-order valence-corrected chi connectivity index (χ2v) is 4.40. The van der Waals surface area contributed by atoms with Gasteiger partial charge >= 0.3 is 0 Å². The number of hydrogen-bond donors (Lipinski definition) is 0. The molecule has 1 amide bonds. The number of hydrogen-bond acceptors (Lipinski definition) is 2. The monoisotopic (exact) mass is 243 g/mol. The zero-order chi connectivity index (χ0) is 13.3. The number of carbonyl (C=O) groups excluding carboxylic acids is 1. The Kier molecular flexibility index (Phi) is 3.19. The lowest BCUT2D eigenvalue weighted by Crippen LogP contribution is -2.28. The summed E-state index contributed by atoms with van der Waals surface area (Å²) in [5.74, 6) is -0.0366. The molecule has 0 aliphatic rings. The van der Waals surface area contributed by atoms with Crippen LogP contribution in [-0.4, -0.2) is 33.8 Å². The SMILES string of the molecule is C=CCN(C)C(=O)c1c(C)nc2c(C)cccn12. The van der Waals surface area contributed by atoms with Crippen LogP contribution in [0.2, 0.25) is 0 Å². The summed E-state index contributed by atoms with van der Waals surface area (Å²) in [5.41, 5.74) is 3.28. The van der Waals surface area contributed by atoms with Crippen LogP contribution in [0.5, 0.6) is 0 Å². The molecule has 0 bridgehead atoms. The largest absolute Gasteiger partial charge is 0.337 e. The molecule has 0 aromatic carbocycles. The van der Waals surface area contributed by atoms with E-state index in [1.807, 2.05) is 36.6 Å². The van der Waals surface area contributed by atoms with Gasteiger partial charge in [-0.25, -0.2) is 4.98 Å². The molecule has 0 saturated carbocycles. The van der Waals surface area contributed by atoms with Gasteiger partial charge in [0.15, 0.2) is 0 Å². The van der Waals surface area contributed by atoms with Crippen molar-refractivity contribution in [3.8, 4) is 0 Å². The quantitative estimate of drug-likeness (QED) is 0.775. The highest BCUT2D eigenvalue weighted by Crippen LogP contribution is 2.16. The third-order valence-corrected chi connectivity index (χ3v) is 2.97. The number of aromatic nitrogens is 2. The molecular formula is C14H17N3O. The minimum Gasteiger partial charge on any atom is -0.337 e. The molecule has 0 atom stereocenters. The van der Waals surface area contributed by atoms with Crippen molar-refractivity contribution in [3.63, 3.8) is 0 Å². The lowest BCUT2D eigenvalue weighted by molar-refractivity contribution is 0.0802. The Hall–Kier alpha value is -2.10. The predicted molar refractivity (Wildman–Crippen MR) is 71.8 cm³/mol. The average Bonchev–Trinajstić information content (AvgIpc) is 2.66. The first-order valence-electron chi connectivity index (χ1n) is 5.87. The number of carbonyl (C=O) groups is 1. The van der Waals surface area contributed by atoms with Crippen LogP contribution in [-0.2, 0) is 0 Å². The molecule has 2 aromatic heterocycles. The highest BCUT2D eigenvalue weighted by Gasteiger charge is 2.19. The third kappa shape index (κ3) is 1.90. The van der Waals surface area contributed by atoms with Crippen LogP contribution in [0.1, 0.15) is 21.7 Å². The Labute approximate surface area is 107 Å². The van der Waals surface area contributed by atoms with Crippen molar-refractivity contribution in [2.45, 2.75) is 13.8 Å². The summed E-state index contributed by atoms with van der Waals surface area (Å²) in [7, 11) is 1.76. The maximum Gasteiger partial charge on any atom is 0.272 e. The van der Waals surface area contributed by atoms with Crippen molar-refractivity contribution in [3.05, 3.63) is 47.9 Å². The molecule has 4 heteroatoms. The Morgan fingerprint density at radius 1 is 1.56 bits per heavy atom. The summed E-state index contributed by atoms with van der Waals surface area (Å²) in [4.78, 5) is 18.5. The van der Waals surface area contributed by atoms with Gasteiger partial charge in [0, 0.05) is 19.8 Å². The number of imidazole rings is 1. The van der Waals surface area contributed by atoms with E-state index < -0.39 is 0 Å². The van der Waals surface area contributed by atoms with Crippen LogP contribution in [0.3, 0.4) is 0 Å². The molecule has 0 aliphatic heterocycles. The second kappa shape index (κ2) is 4.64. The van der Waals surface area contributed by atoms with Crippen LogP contribution in [0, 0.1) is 13.8 Å². The first-order chi connectivity index (χ1) is 8.56. The van der Waals surface area contributed by atoms with Crippen LogP contribution in [0.25, 0.3) is 5.65 Å². The minimum absolute atomic E-state index is 0.0366. The second-order valence-electron chi connectivity index (χ2n) is 4.40. The molecule has 2 rings (SSSR count). The maximum absolute atomic E-state index is 12.4. The molecule has 0 N–H and O–H groups in total. The first-order valence-corrected chi connectivity index (χ1v) is 5.87. The van der Waals surface area contributed by atoms with E-state index in [9.17, 15) is 4.79 Å². The minimum atomic E-state index is -0.0366. The predicted octanol–water partition coefficient (Wildman–Crippen LogP) is 2.21. The van der Waals surface area contributed by atoms with E-state index in [0.29, 0.717) is 12.2 Å². The summed E-state index contributed by atoms with van der Waals surface area (Å²) >= 11 is 0. The Bertz CT molecular complexity index is 613. The van der Waals surface area contributed by atoms with E-state index in [-0.39, 0.29) is 5.91 Å². The van der Waals surface area contributed by atoms with E-state index in [2.05, 4.69) is 11.6 Å². The molecule has 0 aliphatic carbocycles. The average molecular weight is 243 g/mol. The number of aryl methyl sites for hydroxylation is 2. The lowest BCUT2D eigenvalue weighted by Gasteiger charge is -2.15. The molecule has 2 heterocycles. The maximum atomic E-state index is 12.4. The molecule has 0 saturated heterocycles. The van der Waals surface area contributed by atoms with E-state index in [4.69, 9.17) is 0 Å². The van der Waals surface area contributed by atoms with E-state index in [1.54, 1.807) is 18.0 Å². The van der Waals surface area contributed by atoms with Crippen molar-refractivity contribution in [1.82, 2.24) is 14.3 Å². The van der Waals surface area contributed by atoms with Crippen molar-refractivity contribution < 1.29 is 4.79 Å². The number of likely N-dealkylation sites (N-methyl/N-ethyl adjacent to an activating group) is 1. The van der Waals surface area contributed by atoms with Gasteiger partial charge in [-0.1, -0.05) is 12.1 Å². The van der Waals surface area contributed by atoms with Gasteiger partial charge < -0.3 is 4.90 Å². The molecule has 4 nitrogen and oxygen atoms in total. The molecule has 18 heavy (non-hydrogen) atoms. The Morgan fingerprint density at radius 2 is 2.28 bits per heavy atom. The van der Waals surface area contributed by atoms with Gasteiger partial charge in [-0.15, -0.1) is 6.58 Å². The Balaban J connectivity index is 2.57. The van der Waals surface area contributed by atoms with Gasteiger partial charge in [0.2, 0.25) is 0 Å². The van der Waals surface area contributed by atoms with Crippen LogP contribution in [0.15, 0.2) is 31.0 Å². The standard InChI is InChI=1S/C14H17N3O/c1-5-8-16(4)14(18)12-11(3)15-13-10(2)7-6-9-17(12)13/h5-7,9H,1,8H2,2-4H3. The van der Waals surface area contributed by atoms with Crippen LogP contribution < -0.4 is 0 Å². The van der Waals surface area contributed by atoms with E-state index in [0.717, 1.165) is 16.9 Å². The third-order valence-electron chi connectivity index (χ3n) is 2.97. The molecule has 0 unspecified atom stereocenters. The number of nitrogens with zero attached hydrogens (tertiary/aromatic N) is 3. The van der Waals surface area contributed by atoms with Crippen molar-refractivity contribution in [2.75, 3.05) is 13.6 Å². The highest BCUT2D eigenvalue weighted by molar-refractivity contribution is 5.94. The van der Waals surface area contributed by atoms with Crippen LogP contribution in [0.4, 0.5) is 0 Å². The zero-order valence-corrected chi connectivity index (χ0v) is 11.0. The molecule has 0 spiro atoms. The molecule has 0 fully saturated rings. The lowest BCUT2D eigenvalue weighted by atomic mass is 10.3. The Morgan fingerprint density at radius 3 is 2.94 bits per heavy atom.